The van der Waals surface area contributed by atoms with Gasteiger partial charge in [-0.1, -0.05) is 12.1 Å². The van der Waals surface area contributed by atoms with Crippen LogP contribution in [0.2, 0.25) is 0 Å². The number of amides is 2. The van der Waals surface area contributed by atoms with Gasteiger partial charge in [0.25, 0.3) is 5.91 Å². The molecule has 3 rings (SSSR count). The van der Waals surface area contributed by atoms with Crippen LogP contribution in [0.3, 0.4) is 0 Å². The molecule has 0 atom stereocenters. The maximum atomic E-state index is 12.2. The van der Waals surface area contributed by atoms with Gasteiger partial charge in [0, 0.05) is 15.3 Å². The van der Waals surface area contributed by atoms with Crippen LogP contribution in [0, 0.1) is 3.57 Å². The fourth-order valence-corrected chi connectivity index (χ4v) is 2.58. The van der Waals surface area contributed by atoms with E-state index in [0.29, 0.717) is 11.3 Å². The quantitative estimate of drug-likeness (QED) is 0.611. The fourth-order valence-electron chi connectivity index (χ4n) is 2.23. The minimum atomic E-state index is -0.194. The number of nitrogens with one attached hydrogen (secondary N) is 3. The Morgan fingerprint density at radius 2 is 1.75 bits per heavy atom. The number of hydrogen-bond donors (Lipinski definition) is 3. The topological polar surface area (TPSA) is 70.2 Å². The van der Waals surface area contributed by atoms with Crippen LogP contribution in [0.4, 0.5) is 11.4 Å². The van der Waals surface area contributed by atoms with Gasteiger partial charge in [-0.25, -0.2) is 0 Å². The SMILES string of the molecule is O=C(CNc1ccc(I)cc1)Nc1ccccc1C(=O)NC1CC1. The molecule has 5 nitrogen and oxygen atoms in total. The van der Waals surface area contributed by atoms with Gasteiger partial charge in [0.2, 0.25) is 5.91 Å². The van der Waals surface area contributed by atoms with Gasteiger partial charge in [-0.2, -0.15) is 0 Å². The van der Waals surface area contributed by atoms with Gasteiger partial charge in [0.1, 0.15) is 0 Å². The van der Waals surface area contributed by atoms with Crippen LogP contribution in [0.25, 0.3) is 0 Å². The summed E-state index contributed by atoms with van der Waals surface area (Å²) in [5.74, 6) is -0.334. The Kier molecular flexibility index (Phi) is 5.34. The number of anilines is 2. The molecule has 1 aliphatic rings. The molecule has 0 bridgehead atoms. The maximum absolute atomic E-state index is 12.2. The number of benzene rings is 2. The summed E-state index contributed by atoms with van der Waals surface area (Å²) in [7, 11) is 0. The third-order valence-electron chi connectivity index (χ3n) is 3.66. The van der Waals surface area contributed by atoms with Gasteiger partial charge in [-0.05, 0) is 71.8 Å². The second-order valence-corrected chi connectivity index (χ2v) is 6.95. The average Bonchev–Trinajstić information content (AvgIpc) is 3.39. The highest BCUT2D eigenvalue weighted by Crippen LogP contribution is 2.21. The fraction of sp³-hybridized carbons (Fsp3) is 0.222. The van der Waals surface area contributed by atoms with Crippen LogP contribution >= 0.6 is 22.6 Å². The van der Waals surface area contributed by atoms with Gasteiger partial charge in [-0.3, -0.25) is 9.59 Å². The van der Waals surface area contributed by atoms with E-state index in [0.717, 1.165) is 22.1 Å². The molecule has 0 radical (unpaired) electrons. The Hall–Kier alpha value is -2.09. The number of hydrogen-bond acceptors (Lipinski definition) is 3. The Bertz CT molecular complexity index is 742. The largest absolute Gasteiger partial charge is 0.376 e. The highest BCUT2D eigenvalue weighted by atomic mass is 127. The van der Waals surface area contributed by atoms with E-state index >= 15 is 0 Å². The average molecular weight is 435 g/mol. The van der Waals surface area contributed by atoms with E-state index < -0.39 is 0 Å². The molecule has 0 saturated heterocycles. The summed E-state index contributed by atoms with van der Waals surface area (Å²) in [6, 6.07) is 15.1. The Labute approximate surface area is 154 Å². The first-order valence-corrected chi connectivity index (χ1v) is 8.89. The molecular formula is C18H18IN3O2. The number of carbonyl (C=O) groups is 2. The van der Waals surface area contributed by atoms with Crippen LogP contribution < -0.4 is 16.0 Å². The lowest BCUT2D eigenvalue weighted by molar-refractivity contribution is -0.114. The zero-order valence-corrected chi connectivity index (χ0v) is 15.2. The molecule has 124 valence electrons. The third-order valence-corrected chi connectivity index (χ3v) is 4.37. The predicted octanol–water partition coefficient (Wildman–Crippen LogP) is 3.23. The van der Waals surface area contributed by atoms with E-state index in [1.165, 1.54) is 0 Å². The first kappa shape index (κ1) is 16.8. The van der Waals surface area contributed by atoms with Crippen LogP contribution in [0.1, 0.15) is 23.2 Å². The van der Waals surface area contributed by atoms with E-state index in [9.17, 15) is 9.59 Å². The molecule has 0 aliphatic heterocycles. The highest BCUT2D eigenvalue weighted by molar-refractivity contribution is 14.1. The van der Waals surface area contributed by atoms with E-state index in [4.69, 9.17) is 0 Å². The van der Waals surface area contributed by atoms with Crippen LogP contribution in [-0.4, -0.2) is 24.4 Å². The first-order valence-electron chi connectivity index (χ1n) is 7.81. The van der Waals surface area contributed by atoms with Crippen LogP contribution in [0.15, 0.2) is 48.5 Å². The molecule has 1 fully saturated rings. The van der Waals surface area contributed by atoms with E-state index in [1.54, 1.807) is 24.3 Å². The Balaban J connectivity index is 1.59. The van der Waals surface area contributed by atoms with Gasteiger partial charge in [0.15, 0.2) is 0 Å². The molecule has 2 aromatic rings. The summed E-state index contributed by atoms with van der Waals surface area (Å²) in [6.45, 7) is 0.138. The predicted molar refractivity (Wildman–Crippen MR) is 103 cm³/mol. The highest BCUT2D eigenvalue weighted by Gasteiger charge is 2.24. The van der Waals surface area contributed by atoms with Crippen LogP contribution in [0.5, 0.6) is 0 Å². The lowest BCUT2D eigenvalue weighted by atomic mass is 10.1. The van der Waals surface area contributed by atoms with Crippen LogP contribution in [-0.2, 0) is 4.79 Å². The molecule has 1 aliphatic carbocycles. The molecule has 1 saturated carbocycles. The van der Waals surface area contributed by atoms with Gasteiger partial charge in [-0.15, -0.1) is 0 Å². The van der Waals surface area contributed by atoms with Crippen molar-refractivity contribution in [2.45, 2.75) is 18.9 Å². The molecule has 2 aromatic carbocycles. The molecular weight excluding hydrogens is 417 g/mol. The molecule has 3 N–H and O–H groups in total. The number of rotatable bonds is 6. The maximum Gasteiger partial charge on any atom is 0.253 e. The lowest BCUT2D eigenvalue weighted by Gasteiger charge is -2.12. The van der Waals surface area contributed by atoms with Crippen molar-refractivity contribution >= 4 is 45.8 Å². The number of halogens is 1. The zero-order chi connectivity index (χ0) is 16.9. The summed E-state index contributed by atoms with van der Waals surface area (Å²) in [5.41, 5.74) is 1.91. The Morgan fingerprint density at radius 3 is 2.46 bits per heavy atom. The van der Waals surface area contributed by atoms with Gasteiger partial charge >= 0.3 is 0 Å². The summed E-state index contributed by atoms with van der Waals surface area (Å²) < 4.78 is 1.14. The number of para-hydroxylation sites is 1. The van der Waals surface area contributed by atoms with Crippen molar-refractivity contribution in [1.29, 1.82) is 0 Å². The first-order chi connectivity index (χ1) is 11.6. The summed E-state index contributed by atoms with van der Waals surface area (Å²) >= 11 is 2.23. The van der Waals surface area contributed by atoms with Crippen molar-refractivity contribution < 1.29 is 9.59 Å². The summed E-state index contributed by atoms with van der Waals surface area (Å²) in [4.78, 5) is 24.4. The molecule has 0 heterocycles. The zero-order valence-electron chi connectivity index (χ0n) is 13.0. The second-order valence-electron chi connectivity index (χ2n) is 5.70. The summed E-state index contributed by atoms with van der Waals surface area (Å²) in [5, 5.41) is 8.81. The van der Waals surface area contributed by atoms with Crippen molar-refractivity contribution in [3.63, 3.8) is 0 Å². The van der Waals surface area contributed by atoms with Gasteiger partial charge < -0.3 is 16.0 Å². The van der Waals surface area contributed by atoms with E-state index in [1.807, 2.05) is 24.3 Å². The smallest absolute Gasteiger partial charge is 0.253 e. The summed E-state index contributed by atoms with van der Waals surface area (Å²) in [6.07, 6.45) is 2.06. The van der Waals surface area contributed by atoms with Gasteiger partial charge in [0.05, 0.1) is 17.8 Å². The standard InChI is InChI=1S/C18H18IN3O2/c19-12-5-7-13(8-6-12)20-11-17(23)22-16-4-2-1-3-15(16)18(24)21-14-9-10-14/h1-8,14,20H,9-11H2,(H,21,24)(H,22,23). The third kappa shape index (κ3) is 4.70. The minimum Gasteiger partial charge on any atom is -0.376 e. The Morgan fingerprint density at radius 1 is 1.04 bits per heavy atom. The monoisotopic (exact) mass is 435 g/mol. The molecule has 0 aromatic heterocycles. The normalized spacial score (nSPS) is 13.2. The molecule has 0 unspecified atom stereocenters. The second kappa shape index (κ2) is 7.65. The number of carbonyl (C=O) groups excluding carboxylic acids is 2. The van der Waals surface area contributed by atoms with Crippen molar-refractivity contribution in [3.05, 3.63) is 57.7 Å². The van der Waals surface area contributed by atoms with Crippen molar-refractivity contribution in [3.8, 4) is 0 Å². The molecule has 24 heavy (non-hydrogen) atoms. The minimum absolute atomic E-state index is 0.138. The lowest BCUT2D eigenvalue weighted by Crippen LogP contribution is -2.28. The molecule has 0 spiro atoms. The van der Waals surface area contributed by atoms with Crippen molar-refractivity contribution in [1.82, 2.24) is 5.32 Å². The van der Waals surface area contributed by atoms with E-state index in [-0.39, 0.29) is 24.4 Å². The molecule has 6 heteroatoms. The van der Waals surface area contributed by atoms with E-state index in [2.05, 4.69) is 38.5 Å². The van der Waals surface area contributed by atoms with Crippen molar-refractivity contribution in [2.75, 3.05) is 17.2 Å². The van der Waals surface area contributed by atoms with Crippen molar-refractivity contribution in [2.24, 2.45) is 0 Å². The molecule has 2 amide bonds.